The van der Waals surface area contributed by atoms with Gasteiger partial charge >= 0.3 is 0 Å². The standard InChI is InChI=1S/C12H20BrN3O2S/c1-10-14-12(9-15(10)2)19(17,18)16-8-4-3-5-11(16)6-7-13/h9,11H,3-8H2,1-2H3. The van der Waals surface area contributed by atoms with Crippen molar-refractivity contribution in [1.29, 1.82) is 0 Å². The van der Waals surface area contributed by atoms with Gasteiger partial charge in [-0.05, 0) is 26.2 Å². The summed E-state index contributed by atoms with van der Waals surface area (Å²) in [7, 11) is -1.64. The maximum absolute atomic E-state index is 12.7. The number of aryl methyl sites for hydroxylation is 2. The summed E-state index contributed by atoms with van der Waals surface area (Å²) in [4.78, 5) is 4.17. The molecular formula is C12H20BrN3O2S. The monoisotopic (exact) mass is 349 g/mol. The van der Waals surface area contributed by atoms with Crippen LogP contribution in [0.4, 0.5) is 0 Å². The lowest BCUT2D eigenvalue weighted by molar-refractivity contribution is 0.247. The number of nitrogens with zero attached hydrogens (tertiary/aromatic N) is 3. The molecule has 0 radical (unpaired) electrons. The van der Waals surface area contributed by atoms with Gasteiger partial charge in [-0.25, -0.2) is 13.4 Å². The predicted octanol–water partition coefficient (Wildman–Crippen LogP) is 2.06. The van der Waals surface area contributed by atoms with Gasteiger partial charge in [0.2, 0.25) is 0 Å². The van der Waals surface area contributed by atoms with Crippen LogP contribution in [0.25, 0.3) is 0 Å². The van der Waals surface area contributed by atoms with E-state index in [-0.39, 0.29) is 11.1 Å². The smallest absolute Gasteiger partial charge is 0.262 e. The summed E-state index contributed by atoms with van der Waals surface area (Å²) in [5.74, 6) is 0.715. The number of aromatic nitrogens is 2. The molecule has 0 aromatic carbocycles. The zero-order valence-corrected chi connectivity index (χ0v) is 13.7. The molecule has 7 heteroatoms. The number of rotatable bonds is 4. The van der Waals surface area contributed by atoms with E-state index in [9.17, 15) is 8.42 Å². The van der Waals surface area contributed by atoms with Gasteiger partial charge < -0.3 is 4.57 Å². The maximum atomic E-state index is 12.7. The van der Waals surface area contributed by atoms with Gasteiger partial charge in [0.25, 0.3) is 10.0 Å². The molecule has 1 saturated heterocycles. The number of hydrogen-bond acceptors (Lipinski definition) is 3. The molecule has 2 rings (SSSR count). The third kappa shape index (κ3) is 3.03. The normalized spacial score (nSPS) is 21.7. The first kappa shape index (κ1) is 15.0. The zero-order valence-electron chi connectivity index (χ0n) is 11.3. The van der Waals surface area contributed by atoms with Crippen LogP contribution in [0, 0.1) is 6.92 Å². The molecule has 1 atom stereocenters. The topological polar surface area (TPSA) is 55.2 Å². The van der Waals surface area contributed by atoms with Crippen molar-refractivity contribution in [3.05, 3.63) is 12.0 Å². The fourth-order valence-corrected chi connectivity index (χ4v) is 4.76. The molecule has 1 fully saturated rings. The van der Waals surface area contributed by atoms with E-state index in [0.717, 1.165) is 31.0 Å². The average molecular weight is 350 g/mol. The van der Waals surface area contributed by atoms with E-state index in [1.165, 1.54) is 0 Å². The van der Waals surface area contributed by atoms with E-state index in [4.69, 9.17) is 0 Å². The molecule has 108 valence electrons. The van der Waals surface area contributed by atoms with Crippen molar-refractivity contribution < 1.29 is 8.42 Å². The second kappa shape index (κ2) is 5.93. The third-order valence-electron chi connectivity index (χ3n) is 3.67. The van der Waals surface area contributed by atoms with Gasteiger partial charge in [0, 0.05) is 31.2 Å². The minimum atomic E-state index is -3.45. The second-order valence-electron chi connectivity index (χ2n) is 4.98. The molecule has 1 aliphatic rings. The number of alkyl halides is 1. The van der Waals surface area contributed by atoms with E-state index in [2.05, 4.69) is 20.9 Å². The highest BCUT2D eigenvalue weighted by Gasteiger charge is 2.34. The number of halogens is 1. The lowest BCUT2D eigenvalue weighted by Crippen LogP contribution is -2.43. The van der Waals surface area contributed by atoms with Gasteiger partial charge in [0.15, 0.2) is 5.03 Å². The van der Waals surface area contributed by atoms with Crippen molar-refractivity contribution in [2.45, 2.75) is 43.7 Å². The van der Waals surface area contributed by atoms with Crippen molar-refractivity contribution >= 4 is 26.0 Å². The Labute approximate surface area is 123 Å². The number of piperidine rings is 1. The molecule has 5 nitrogen and oxygen atoms in total. The van der Waals surface area contributed by atoms with Gasteiger partial charge in [-0.1, -0.05) is 22.4 Å². The van der Waals surface area contributed by atoms with Crippen LogP contribution in [0.1, 0.15) is 31.5 Å². The summed E-state index contributed by atoms with van der Waals surface area (Å²) in [6.07, 6.45) is 5.43. The first-order chi connectivity index (χ1) is 8.96. The average Bonchev–Trinajstić information content (AvgIpc) is 2.71. The fraction of sp³-hybridized carbons (Fsp3) is 0.750. The van der Waals surface area contributed by atoms with E-state index >= 15 is 0 Å². The van der Waals surface area contributed by atoms with E-state index < -0.39 is 10.0 Å². The Kier molecular flexibility index (Phi) is 4.68. The summed E-state index contributed by atoms with van der Waals surface area (Å²) < 4.78 is 28.7. The van der Waals surface area contributed by atoms with Gasteiger partial charge in [0.05, 0.1) is 0 Å². The fourth-order valence-electron chi connectivity index (χ4n) is 2.48. The van der Waals surface area contributed by atoms with Crippen molar-refractivity contribution in [3.8, 4) is 0 Å². The van der Waals surface area contributed by atoms with Crippen molar-refractivity contribution in [2.75, 3.05) is 11.9 Å². The van der Waals surface area contributed by atoms with E-state index in [1.54, 1.807) is 15.1 Å². The van der Waals surface area contributed by atoms with Crippen molar-refractivity contribution in [1.82, 2.24) is 13.9 Å². The summed E-state index contributed by atoms with van der Waals surface area (Å²) in [5.41, 5.74) is 0. The molecule has 0 amide bonds. The Bertz CT molecular complexity index is 520. The van der Waals surface area contributed by atoms with Crippen molar-refractivity contribution in [3.63, 3.8) is 0 Å². The maximum Gasteiger partial charge on any atom is 0.262 e. The molecule has 0 aliphatic carbocycles. The van der Waals surface area contributed by atoms with Crippen LogP contribution >= 0.6 is 15.9 Å². The van der Waals surface area contributed by atoms with Crippen LogP contribution in [0.3, 0.4) is 0 Å². The predicted molar refractivity (Wildman–Crippen MR) is 77.9 cm³/mol. The van der Waals surface area contributed by atoms with Gasteiger partial charge in [0.1, 0.15) is 5.82 Å². The Morgan fingerprint density at radius 3 is 2.79 bits per heavy atom. The summed E-state index contributed by atoms with van der Waals surface area (Å²) in [6.45, 7) is 2.42. The Hall–Kier alpha value is -0.400. The van der Waals surface area contributed by atoms with Crippen LogP contribution in [0.2, 0.25) is 0 Å². The second-order valence-corrected chi connectivity index (χ2v) is 7.61. The first-order valence-electron chi connectivity index (χ1n) is 6.54. The molecule has 0 spiro atoms. The van der Waals surface area contributed by atoms with Crippen LogP contribution in [-0.4, -0.2) is 40.2 Å². The highest BCUT2D eigenvalue weighted by Crippen LogP contribution is 2.27. The molecule has 19 heavy (non-hydrogen) atoms. The largest absolute Gasteiger partial charge is 0.337 e. The van der Waals surface area contributed by atoms with Crippen molar-refractivity contribution in [2.24, 2.45) is 7.05 Å². The van der Waals surface area contributed by atoms with Gasteiger partial charge in [-0.15, -0.1) is 0 Å². The SMILES string of the molecule is Cc1nc(S(=O)(=O)N2CCCCC2CCBr)cn1C. The molecule has 0 N–H and O–H groups in total. The Morgan fingerprint density at radius 1 is 1.47 bits per heavy atom. The minimum Gasteiger partial charge on any atom is -0.337 e. The van der Waals surface area contributed by atoms with E-state index in [1.807, 2.05) is 14.0 Å². The number of hydrogen-bond donors (Lipinski definition) is 0. The quantitative estimate of drug-likeness (QED) is 0.781. The lowest BCUT2D eigenvalue weighted by Gasteiger charge is -2.33. The van der Waals surface area contributed by atoms with Gasteiger partial charge in [-0.3, -0.25) is 0 Å². The molecule has 0 saturated carbocycles. The zero-order chi connectivity index (χ0) is 14.0. The molecule has 0 bridgehead atoms. The third-order valence-corrected chi connectivity index (χ3v) is 5.96. The first-order valence-corrected chi connectivity index (χ1v) is 9.10. The highest BCUT2D eigenvalue weighted by molar-refractivity contribution is 9.09. The van der Waals surface area contributed by atoms with Crippen LogP contribution in [0.5, 0.6) is 0 Å². The lowest BCUT2D eigenvalue weighted by atomic mass is 10.0. The number of imidazole rings is 1. The Balaban J connectivity index is 2.31. The van der Waals surface area contributed by atoms with E-state index in [0.29, 0.717) is 12.4 Å². The molecule has 1 aromatic heterocycles. The molecular weight excluding hydrogens is 330 g/mol. The summed E-state index contributed by atoms with van der Waals surface area (Å²) in [5, 5.41) is 0.999. The molecule has 1 unspecified atom stereocenters. The van der Waals surface area contributed by atoms with Crippen LogP contribution in [-0.2, 0) is 17.1 Å². The molecule has 1 aliphatic heterocycles. The molecule has 2 heterocycles. The number of sulfonamides is 1. The van der Waals surface area contributed by atoms with Crippen LogP contribution < -0.4 is 0 Å². The van der Waals surface area contributed by atoms with Gasteiger partial charge in [-0.2, -0.15) is 4.31 Å². The summed E-state index contributed by atoms with van der Waals surface area (Å²) >= 11 is 3.41. The molecule has 1 aromatic rings. The summed E-state index contributed by atoms with van der Waals surface area (Å²) in [6, 6.07) is 0.0976. The Morgan fingerprint density at radius 2 is 2.21 bits per heavy atom. The minimum absolute atomic E-state index is 0.0976. The highest BCUT2D eigenvalue weighted by atomic mass is 79.9. The van der Waals surface area contributed by atoms with Crippen LogP contribution in [0.15, 0.2) is 11.2 Å².